The zero-order valence-corrected chi connectivity index (χ0v) is 16.8. The maximum atomic E-state index is 12.8. The average molecular weight is 385 g/mol. The molecular weight excluding hydrogens is 362 g/mol. The van der Waals surface area contributed by atoms with Crippen molar-refractivity contribution >= 4 is 27.5 Å². The first-order valence-electron chi connectivity index (χ1n) is 8.75. The lowest BCUT2D eigenvalue weighted by molar-refractivity contribution is 0.0798. The van der Waals surface area contributed by atoms with Crippen molar-refractivity contribution in [1.29, 1.82) is 0 Å². The Morgan fingerprint density at radius 1 is 1.30 bits per heavy atom. The molecule has 2 aromatic heterocycles. The maximum absolute atomic E-state index is 12.8. The minimum absolute atomic E-state index is 0.0627. The molecule has 0 unspecified atom stereocenters. The average Bonchev–Trinajstić information content (AvgIpc) is 3.01. The van der Waals surface area contributed by atoms with Crippen LogP contribution in [0, 0.1) is 6.92 Å². The molecule has 3 rings (SSSR count). The lowest BCUT2D eigenvalue weighted by atomic mass is 10.1. The van der Waals surface area contributed by atoms with Crippen molar-refractivity contribution < 1.29 is 9.53 Å². The van der Waals surface area contributed by atoms with Gasteiger partial charge in [0, 0.05) is 20.6 Å². The Bertz CT molecular complexity index is 1020. The number of benzene rings is 1. The van der Waals surface area contributed by atoms with E-state index in [0.29, 0.717) is 21.6 Å². The third-order valence-corrected chi connectivity index (χ3v) is 5.86. The molecule has 0 fully saturated rings. The summed E-state index contributed by atoms with van der Waals surface area (Å²) in [5.74, 6) is 0.776. The molecule has 7 heteroatoms. The van der Waals surface area contributed by atoms with Gasteiger partial charge in [0.1, 0.15) is 10.6 Å². The normalized spacial score (nSPS) is 11.0. The third-order valence-electron chi connectivity index (χ3n) is 4.67. The van der Waals surface area contributed by atoms with E-state index in [0.717, 1.165) is 24.2 Å². The number of hydrogen-bond donors (Lipinski definition) is 0. The number of carbonyl (C=O) groups excluding carboxylic acids is 1. The molecule has 3 aromatic rings. The largest absolute Gasteiger partial charge is 0.497 e. The molecule has 6 nitrogen and oxygen atoms in total. The second-order valence-corrected chi connectivity index (χ2v) is 7.57. The monoisotopic (exact) mass is 385 g/mol. The first-order valence-corrected chi connectivity index (χ1v) is 9.57. The highest BCUT2D eigenvalue weighted by Crippen LogP contribution is 2.27. The minimum Gasteiger partial charge on any atom is -0.497 e. The van der Waals surface area contributed by atoms with Crippen LogP contribution < -0.4 is 10.3 Å². The molecule has 0 radical (unpaired) electrons. The summed E-state index contributed by atoms with van der Waals surface area (Å²) in [5, 5.41) is 0.542. The van der Waals surface area contributed by atoms with Crippen molar-refractivity contribution in [2.24, 2.45) is 7.05 Å². The lowest BCUT2D eigenvalue weighted by Crippen LogP contribution is -2.28. The maximum Gasteiger partial charge on any atom is 0.264 e. The van der Waals surface area contributed by atoms with Gasteiger partial charge < -0.3 is 14.2 Å². The number of aryl methyl sites for hydroxylation is 3. The van der Waals surface area contributed by atoms with Crippen molar-refractivity contribution in [3.05, 3.63) is 57.0 Å². The fourth-order valence-corrected chi connectivity index (χ4v) is 4.13. The molecule has 0 atom stereocenters. The predicted molar refractivity (Wildman–Crippen MR) is 108 cm³/mol. The summed E-state index contributed by atoms with van der Waals surface area (Å²) in [6, 6.07) is 7.97. The van der Waals surface area contributed by atoms with Gasteiger partial charge in [0.05, 0.1) is 23.7 Å². The molecule has 0 bridgehead atoms. The van der Waals surface area contributed by atoms with E-state index in [1.165, 1.54) is 27.8 Å². The smallest absolute Gasteiger partial charge is 0.264 e. The van der Waals surface area contributed by atoms with Crippen molar-refractivity contribution in [2.75, 3.05) is 20.7 Å². The van der Waals surface area contributed by atoms with Crippen LogP contribution in [0.15, 0.2) is 35.4 Å². The van der Waals surface area contributed by atoms with Crippen LogP contribution in [-0.2, 0) is 13.5 Å². The van der Waals surface area contributed by atoms with E-state index < -0.39 is 0 Å². The zero-order valence-electron chi connectivity index (χ0n) is 16.0. The number of aromatic nitrogens is 2. The Balaban J connectivity index is 1.68. The Labute approximate surface area is 162 Å². The van der Waals surface area contributed by atoms with Gasteiger partial charge in [-0.25, -0.2) is 4.98 Å². The Hall–Kier alpha value is -2.67. The van der Waals surface area contributed by atoms with Crippen LogP contribution in [0.5, 0.6) is 5.75 Å². The number of methoxy groups -OCH3 is 1. The second-order valence-electron chi connectivity index (χ2n) is 6.58. The van der Waals surface area contributed by atoms with Crippen molar-refractivity contribution in [1.82, 2.24) is 14.5 Å². The van der Waals surface area contributed by atoms with Crippen LogP contribution in [0.25, 0.3) is 10.2 Å². The van der Waals surface area contributed by atoms with Crippen LogP contribution in [0.1, 0.15) is 27.2 Å². The van der Waals surface area contributed by atoms with Crippen molar-refractivity contribution in [3.8, 4) is 5.75 Å². The van der Waals surface area contributed by atoms with Gasteiger partial charge in [0.2, 0.25) is 0 Å². The van der Waals surface area contributed by atoms with Gasteiger partial charge in [-0.3, -0.25) is 9.59 Å². The van der Waals surface area contributed by atoms with Gasteiger partial charge in [-0.1, -0.05) is 12.1 Å². The highest BCUT2D eigenvalue weighted by atomic mass is 32.1. The van der Waals surface area contributed by atoms with Gasteiger partial charge >= 0.3 is 0 Å². The molecule has 2 heterocycles. The summed E-state index contributed by atoms with van der Waals surface area (Å²) >= 11 is 1.29. The van der Waals surface area contributed by atoms with Crippen LogP contribution in [0.2, 0.25) is 0 Å². The first kappa shape index (κ1) is 19.1. The molecule has 0 aliphatic carbocycles. The van der Waals surface area contributed by atoms with Crippen molar-refractivity contribution in [3.63, 3.8) is 0 Å². The van der Waals surface area contributed by atoms with E-state index >= 15 is 0 Å². The summed E-state index contributed by atoms with van der Waals surface area (Å²) in [5.41, 5.74) is 1.81. The molecule has 0 aliphatic rings. The van der Waals surface area contributed by atoms with E-state index in [9.17, 15) is 9.59 Å². The molecule has 27 heavy (non-hydrogen) atoms. The third kappa shape index (κ3) is 3.88. The van der Waals surface area contributed by atoms with Crippen LogP contribution in [-0.4, -0.2) is 41.1 Å². The molecule has 0 spiro atoms. The highest BCUT2D eigenvalue weighted by Gasteiger charge is 2.21. The fourth-order valence-electron chi connectivity index (χ4n) is 3.00. The molecule has 1 amide bonds. The highest BCUT2D eigenvalue weighted by molar-refractivity contribution is 7.20. The summed E-state index contributed by atoms with van der Waals surface area (Å²) in [6.45, 7) is 2.46. The Kier molecular flexibility index (Phi) is 5.60. The molecular formula is C20H23N3O3S. The predicted octanol–water partition coefficient (Wildman–Crippen LogP) is 3.02. The molecule has 0 saturated heterocycles. The molecule has 142 valence electrons. The van der Waals surface area contributed by atoms with Gasteiger partial charge in [-0.05, 0) is 43.0 Å². The molecule has 0 N–H and O–H groups in total. The zero-order chi connectivity index (χ0) is 19.6. The van der Waals surface area contributed by atoms with Crippen molar-refractivity contribution in [2.45, 2.75) is 19.8 Å². The molecule has 0 aliphatic heterocycles. The number of carbonyl (C=O) groups is 1. The number of rotatable bonds is 6. The van der Waals surface area contributed by atoms with E-state index in [1.807, 2.05) is 31.2 Å². The van der Waals surface area contributed by atoms with E-state index in [2.05, 4.69) is 4.98 Å². The minimum atomic E-state index is -0.116. The van der Waals surface area contributed by atoms with Gasteiger partial charge in [-0.15, -0.1) is 11.3 Å². The Morgan fingerprint density at radius 2 is 2.00 bits per heavy atom. The summed E-state index contributed by atoms with van der Waals surface area (Å²) in [4.78, 5) is 32.4. The summed E-state index contributed by atoms with van der Waals surface area (Å²) in [6.07, 6.45) is 3.24. The van der Waals surface area contributed by atoms with Gasteiger partial charge in [-0.2, -0.15) is 0 Å². The fraction of sp³-hybridized carbons (Fsp3) is 0.350. The van der Waals surface area contributed by atoms with Gasteiger partial charge in [0.25, 0.3) is 11.5 Å². The van der Waals surface area contributed by atoms with E-state index in [-0.39, 0.29) is 11.5 Å². The van der Waals surface area contributed by atoms with Crippen LogP contribution >= 0.6 is 11.3 Å². The Morgan fingerprint density at radius 3 is 2.67 bits per heavy atom. The number of hydrogen-bond acceptors (Lipinski definition) is 5. The second kappa shape index (κ2) is 7.92. The first-order chi connectivity index (χ1) is 12.9. The molecule has 1 aromatic carbocycles. The van der Waals surface area contributed by atoms with E-state index in [1.54, 1.807) is 26.1 Å². The standard InChI is InChI=1S/C20H23N3O3S/c1-13-16-18(21-12-23(3)19(16)24)27-17(13)20(25)22(2)11-5-6-14-7-9-15(26-4)10-8-14/h7-10,12H,5-6,11H2,1-4H3. The molecule has 0 saturated carbocycles. The SMILES string of the molecule is COc1ccc(CCCN(C)C(=O)c2sc3ncn(C)c(=O)c3c2C)cc1. The number of fused-ring (bicyclic) bond motifs is 1. The number of amides is 1. The van der Waals surface area contributed by atoms with Crippen LogP contribution in [0.3, 0.4) is 0 Å². The van der Waals surface area contributed by atoms with Gasteiger partial charge in [0.15, 0.2) is 0 Å². The lowest BCUT2D eigenvalue weighted by Gasteiger charge is -2.16. The quantitative estimate of drug-likeness (QED) is 0.654. The van der Waals surface area contributed by atoms with E-state index in [4.69, 9.17) is 4.74 Å². The summed E-state index contributed by atoms with van der Waals surface area (Å²) in [7, 11) is 5.11. The number of ether oxygens (including phenoxy) is 1. The summed E-state index contributed by atoms with van der Waals surface area (Å²) < 4.78 is 6.60. The number of nitrogens with zero attached hydrogens (tertiary/aromatic N) is 3. The van der Waals surface area contributed by atoms with Crippen LogP contribution in [0.4, 0.5) is 0 Å². The topological polar surface area (TPSA) is 64.4 Å². The number of thiophene rings is 1.